The number of hydrogen-bond donors (Lipinski definition) is 2. The highest BCUT2D eigenvalue weighted by Gasteiger charge is 2.12. The largest absolute Gasteiger partial charge is 0.329 e. The number of benzene rings is 1. The Kier molecular flexibility index (Phi) is 4.39. The Bertz CT molecular complexity index is 450. The Morgan fingerprint density at radius 3 is 2.73 bits per heavy atom. The molecule has 0 fully saturated rings. The summed E-state index contributed by atoms with van der Waals surface area (Å²) in [6, 6.07) is 4.93. The van der Waals surface area contributed by atoms with Crippen LogP contribution in [0, 0.1) is 0 Å². The van der Waals surface area contributed by atoms with Crippen molar-refractivity contribution in [1.82, 2.24) is 0 Å². The van der Waals surface area contributed by atoms with Gasteiger partial charge in [0.1, 0.15) is 0 Å². The predicted molar refractivity (Wildman–Crippen MR) is 65.6 cm³/mol. The summed E-state index contributed by atoms with van der Waals surface area (Å²) in [5, 5.41) is 0.447. The first-order valence-corrected chi connectivity index (χ1v) is 6.93. The third-order valence-corrected chi connectivity index (χ3v) is 4.31. The predicted octanol–water partition coefficient (Wildman–Crippen LogP) is 1.80. The zero-order valence-corrected chi connectivity index (χ0v) is 10.9. The van der Waals surface area contributed by atoms with Crippen LogP contribution in [0.5, 0.6) is 0 Å². The molecular weight excluding hydrogens is 304 g/mol. The summed E-state index contributed by atoms with van der Waals surface area (Å²) in [6.07, 6.45) is 0. The van der Waals surface area contributed by atoms with Crippen molar-refractivity contribution in [2.75, 3.05) is 17.0 Å². The Balaban J connectivity index is 2.95. The second kappa shape index (κ2) is 5.16. The molecule has 1 aromatic rings. The highest BCUT2D eigenvalue weighted by atomic mass is 79.9. The molecule has 0 heterocycles. The van der Waals surface area contributed by atoms with Crippen LogP contribution in [0.15, 0.2) is 22.7 Å². The molecule has 0 atom stereocenters. The lowest BCUT2D eigenvalue weighted by molar-refractivity contribution is 0.601. The van der Waals surface area contributed by atoms with E-state index in [1.165, 1.54) is 0 Å². The van der Waals surface area contributed by atoms with Crippen LogP contribution >= 0.6 is 27.5 Å². The molecule has 0 aromatic heterocycles. The van der Waals surface area contributed by atoms with E-state index in [0.29, 0.717) is 15.2 Å². The number of nitrogens with two attached hydrogens (primary N) is 1. The van der Waals surface area contributed by atoms with Gasteiger partial charge in [0.25, 0.3) is 0 Å². The lowest BCUT2D eigenvalue weighted by atomic mass is 10.3. The molecule has 3 N–H and O–H groups in total. The van der Waals surface area contributed by atoms with Gasteiger partial charge < -0.3 is 5.73 Å². The third-order valence-electron chi connectivity index (χ3n) is 1.60. The van der Waals surface area contributed by atoms with Crippen molar-refractivity contribution in [1.29, 1.82) is 0 Å². The van der Waals surface area contributed by atoms with Crippen LogP contribution in [0.25, 0.3) is 0 Å². The molecule has 15 heavy (non-hydrogen) atoms. The fourth-order valence-corrected chi connectivity index (χ4v) is 2.54. The highest BCUT2D eigenvalue weighted by molar-refractivity contribution is 9.10. The third kappa shape index (κ3) is 3.64. The molecule has 1 aromatic carbocycles. The minimum absolute atomic E-state index is 0.0769. The van der Waals surface area contributed by atoms with E-state index in [9.17, 15) is 8.42 Å². The molecule has 0 bridgehead atoms. The summed E-state index contributed by atoms with van der Waals surface area (Å²) in [5.41, 5.74) is 5.59. The highest BCUT2D eigenvalue weighted by Crippen LogP contribution is 2.30. The standard InChI is InChI=1S/C8H10BrClN2O2S/c9-8-6(10)2-1-3-7(8)12-15(13,14)5-4-11/h1-3,12H,4-5,11H2. The van der Waals surface area contributed by atoms with Crippen LogP contribution in [0.4, 0.5) is 5.69 Å². The van der Waals surface area contributed by atoms with Crippen LogP contribution in [-0.4, -0.2) is 20.7 Å². The van der Waals surface area contributed by atoms with E-state index in [2.05, 4.69) is 20.7 Å². The molecule has 4 nitrogen and oxygen atoms in total. The monoisotopic (exact) mass is 312 g/mol. The van der Waals surface area contributed by atoms with Gasteiger partial charge in [0, 0.05) is 6.54 Å². The van der Waals surface area contributed by atoms with Gasteiger partial charge in [-0.25, -0.2) is 8.42 Å². The Labute approximate surface area is 102 Å². The molecule has 0 saturated heterocycles. The Hall–Kier alpha value is -0.300. The summed E-state index contributed by atoms with van der Waals surface area (Å²) in [6.45, 7) is 0.0769. The fraction of sp³-hybridized carbons (Fsp3) is 0.250. The van der Waals surface area contributed by atoms with Crippen molar-refractivity contribution < 1.29 is 8.42 Å². The quantitative estimate of drug-likeness (QED) is 0.890. The van der Waals surface area contributed by atoms with E-state index < -0.39 is 10.0 Å². The van der Waals surface area contributed by atoms with Crippen LogP contribution in [0.2, 0.25) is 5.02 Å². The lowest BCUT2D eigenvalue weighted by Crippen LogP contribution is -2.22. The van der Waals surface area contributed by atoms with E-state index in [1.54, 1.807) is 18.2 Å². The van der Waals surface area contributed by atoms with Gasteiger partial charge in [0.05, 0.1) is 20.9 Å². The van der Waals surface area contributed by atoms with Gasteiger partial charge in [-0.05, 0) is 28.1 Å². The molecule has 0 aliphatic rings. The van der Waals surface area contributed by atoms with Crippen molar-refractivity contribution in [2.24, 2.45) is 5.73 Å². The van der Waals surface area contributed by atoms with Crippen molar-refractivity contribution in [3.8, 4) is 0 Å². The zero-order valence-electron chi connectivity index (χ0n) is 7.70. The first kappa shape index (κ1) is 12.8. The maximum atomic E-state index is 11.4. The topological polar surface area (TPSA) is 72.2 Å². The van der Waals surface area contributed by atoms with Gasteiger partial charge in [-0.15, -0.1) is 0 Å². The molecule has 0 aliphatic heterocycles. The maximum Gasteiger partial charge on any atom is 0.234 e. The van der Waals surface area contributed by atoms with E-state index >= 15 is 0 Å². The van der Waals surface area contributed by atoms with Crippen LogP contribution in [0.3, 0.4) is 0 Å². The molecule has 7 heteroatoms. The maximum absolute atomic E-state index is 11.4. The fourth-order valence-electron chi connectivity index (χ4n) is 0.956. The smallest absolute Gasteiger partial charge is 0.234 e. The summed E-state index contributed by atoms with van der Waals surface area (Å²) < 4.78 is 25.7. The van der Waals surface area contributed by atoms with E-state index in [0.717, 1.165) is 0 Å². The van der Waals surface area contributed by atoms with Gasteiger partial charge in [-0.3, -0.25) is 4.72 Å². The average molecular weight is 314 g/mol. The number of sulfonamides is 1. The second-order valence-electron chi connectivity index (χ2n) is 2.81. The SMILES string of the molecule is NCCS(=O)(=O)Nc1cccc(Cl)c1Br. The lowest BCUT2D eigenvalue weighted by Gasteiger charge is -2.09. The Morgan fingerprint density at radius 1 is 1.47 bits per heavy atom. The van der Waals surface area contributed by atoms with Gasteiger partial charge in [0.15, 0.2) is 0 Å². The van der Waals surface area contributed by atoms with Gasteiger partial charge in [-0.1, -0.05) is 17.7 Å². The number of rotatable bonds is 4. The molecule has 1 rings (SSSR count). The van der Waals surface area contributed by atoms with Crippen molar-refractivity contribution in [3.05, 3.63) is 27.7 Å². The van der Waals surface area contributed by atoms with Crippen molar-refractivity contribution in [3.63, 3.8) is 0 Å². The number of nitrogens with one attached hydrogen (secondary N) is 1. The molecule has 0 spiro atoms. The molecule has 0 amide bonds. The first-order valence-electron chi connectivity index (χ1n) is 4.11. The van der Waals surface area contributed by atoms with Gasteiger partial charge in [-0.2, -0.15) is 0 Å². The summed E-state index contributed by atoms with van der Waals surface area (Å²) in [7, 11) is -3.39. The molecular formula is C8H10BrClN2O2S. The van der Waals surface area contributed by atoms with E-state index in [-0.39, 0.29) is 12.3 Å². The zero-order chi connectivity index (χ0) is 11.5. The normalized spacial score (nSPS) is 11.4. The number of halogens is 2. The molecule has 0 aliphatic carbocycles. The molecule has 0 radical (unpaired) electrons. The van der Waals surface area contributed by atoms with Crippen LogP contribution in [-0.2, 0) is 10.0 Å². The van der Waals surface area contributed by atoms with Crippen molar-refractivity contribution >= 4 is 43.2 Å². The van der Waals surface area contributed by atoms with Gasteiger partial charge >= 0.3 is 0 Å². The second-order valence-corrected chi connectivity index (χ2v) is 5.85. The summed E-state index contributed by atoms with van der Waals surface area (Å²) in [5.74, 6) is -0.119. The van der Waals surface area contributed by atoms with Crippen LogP contribution in [0.1, 0.15) is 0 Å². The molecule has 0 unspecified atom stereocenters. The summed E-state index contributed by atoms with van der Waals surface area (Å²) in [4.78, 5) is 0. The number of anilines is 1. The van der Waals surface area contributed by atoms with Gasteiger partial charge in [0.2, 0.25) is 10.0 Å². The number of hydrogen-bond acceptors (Lipinski definition) is 3. The van der Waals surface area contributed by atoms with Crippen molar-refractivity contribution in [2.45, 2.75) is 0 Å². The minimum atomic E-state index is -3.39. The molecule has 0 saturated carbocycles. The Morgan fingerprint density at radius 2 is 2.13 bits per heavy atom. The first-order chi connectivity index (χ1) is 6.96. The van der Waals surface area contributed by atoms with Crippen LogP contribution < -0.4 is 10.5 Å². The minimum Gasteiger partial charge on any atom is -0.329 e. The average Bonchev–Trinajstić information content (AvgIpc) is 2.12. The van der Waals surface area contributed by atoms with E-state index in [4.69, 9.17) is 17.3 Å². The summed E-state index contributed by atoms with van der Waals surface area (Å²) >= 11 is 9.01. The van der Waals surface area contributed by atoms with E-state index in [1.807, 2.05) is 0 Å². The molecule has 84 valence electrons.